The molecule has 0 bridgehead atoms. The standard InChI is InChI=1S/C12H26N2S/c1-11(2)8-13-9-12(3)10-14-4-6-15-7-5-14/h11-13H,4-10H2,1-3H3. The van der Waals surface area contributed by atoms with E-state index in [2.05, 4.69) is 42.7 Å². The number of thioether (sulfide) groups is 1. The van der Waals surface area contributed by atoms with Crippen molar-refractivity contribution < 1.29 is 0 Å². The molecule has 0 radical (unpaired) electrons. The van der Waals surface area contributed by atoms with E-state index in [0.29, 0.717) is 0 Å². The summed E-state index contributed by atoms with van der Waals surface area (Å²) in [6.45, 7) is 13.1. The van der Waals surface area contributed by atoms with Gasteiger partial charge in [-0.05, 0) is 24.9 Å². The molecule has 0 amide bonds. The summed E-state index contributed by atoms with van der Waals surface area (Å²) in [4.78, 5) is 2.61. The fourth-order valence-corrected chi connectivity index (χ4v) is 2.89. The summed E-state index contributed by atoms with van der Waals surface area (Å²) in [7, 11) is 0. The second kappa shape index (κ2) is 7.53. The number of hydrogen-bond acceptors (Lipinski definition) is 3. The smallest absolute Gasteiger partial charge is 0.00728 e. The molecule has 1 unspecified atom stereocenters. The van der Waals surface area contributed by atoms with E-state index in [1.54, 1.807) is 0 Å². The Morgan fingerprint density at radius 1 is 1.13 bits per heavy atom. The van der Waals surface area contributed by atoms with E-state index in [1.807, 2.05) is 0 Å². The van der Waals surface area contributed by atoms with Crippen LogP contribution in [0.3, 0.4) is 0 Å². The number of nitrogens with zero attached hydrogens (tertiary/aromatic N) is 1. The van der Waals surface area contributed by atoms with Crippen molar-refractivity contribution in [1.82, 2.24) is 10.2 Å². The number of rotatable bonds is 6. The zero-order valence-corrected chi connectivity index (χ0v) is 11.3. The lowest BCUT2D eigenvalue weighted by Gasteiger charge is -2.29. The highest BCUT2D eigenvalue weighted by Crippen LogP contribution is 2.10. The molecule has 0 aromatic heterocycles. The molecule has 0 aliphatic carbocycles. The van der Waals surface area contributed by atoms with Gasteiger partial charge in [0.25, 0.3) is 0 Å². The molecule has 0 aromatic rings. The monoisotopic (exact) mass is 230 g/mol. The van der Waals surface area contributed by atoms with Crippen LogP contribution in [0.15, 0.2) is 0 Å². The maximum atomic E-state index is 3.54. The van der Waals surface area contributed by atoms with Crippen molar-refractivity contribution in [2.45, 2.75) is 20.8 Å². The van der Waals surface area contributed by atoms with Crippen molar-refractivity contribution in [2.75, 3.05) is 44.2 Å². The molecule has 0 spiro atoms. The van der Waals surface area contributed by atoms with E-state index in [4.69, 9.17) is 0 Å². The van der Waals surface area contributed by atoms with Crippen molar-refractivity contribution >= 4 is 11.8 Å². The van der Waals surface area contributed by atoms with Gasteiger partial charge in [0.05, 0.1) is 0 Å². The Hall–Kier alpha value is 0.270. The third kappa shape index (κ3) is 6.44. The Labute approximate surface area is 99.2 Å². The molecule has 1 N–H and O–H groups in total. The molecule has 2 nitrogen and oxygen atoms in total. The highest BCUT2D eigenvalue weighted by atomic mass is 32.2. The van der Waals surface area contributed by atoms with Gasteiger partial charge in [-0.3, -0.25) is 0 Å². The minimum Gasteiger partial charge on any atom is -0.316 e. The molecule has 3 heteroatoms. The van der Waals surface area contributed by atoms with Gasteiger partial charge in [0.2, 0.25) is 0 Å². The summed E-state index contributed by atoms with van der Waals surface area (Å²) in [6, 6.07) is 0. The van der Waals surface area contributed by atoms with Crippen molar-refractivity contribution in [3.63, 3.8) is 0 Å². The molecule has 1 atom stereocenters. The normalized spacial score (nSPS) is 20.8. The Morgan fingerprint density at radius 2 is 1.80 bits per heavy atom. The number of hydrogen-bond donors (Lipinski definition) is 1. The summed E-state index contributed by atoms with van der Waals surface area (Å²) < 4.78 is 0. The molecule has 90 valence electrons. The first-order valence-corrected chi connectivity index (χ1v) is 7.34. The molecule has 1 rings (SSSR count). The van der Waals surface area contributed by atoms with Crippen LogP contribution in [0.2, 0.25) is 0 Å². The zero-order chi connectivity index (χ0) is 11.1. The van der Waals surface area contributed by atoms with E-state index >= 15 is 0 Å². The Balaban J connectivity index is 2.03. The predicted octanol–water partition coefficient (Wildman–Crippen LogP) is 1.92. The second-order valence-corrected chi connectivity index (χ2v) is 6.29. The van der Waals surface area contributed by atoms with Crippen LogP contribution in [0, 0.1) is 11.8 Å². The molecule has 0 saturated carbocycles. The minimum absolute atomic E-state index is 0.767. The van der Waals surface area contributed by atoms with Crippen LogP contribution in [0.25, 0.3) is 0 Å². The van der Waals surface area contributed by atoms with Gasteiger partial charge in [-0.25, -0.2) is 0 Å². The Bertz CT molecular complexity index is 156. The maximum absolute atomic E-state index is 3.54. The average molecular weight is 230 g/mol. The topological polar surface area (TPSA) is 15.3 Å². The molecule has 15 heavy (non-hydrogen) atoms. The molecule has 1 aliphatic rings. The largest absolute Gasteiger partial charge is 0.316 e. The van der Waals surface area contributed by atoms with Crippen LogP contribution in [0.1, 0.15) is 20.8 Å². The van der Waals surface area contributed by atoms with Gasteiger partial charge in [0.1, 0.15) is 0 Å². The average Bonchev–Trinajstić information content (AvgIpc) is 2.18. The highest BCUT2D eigenvalue weighted by Gasteiger charge is 2.13. The third-order valence-corrected chi connectivity index (χ3v) is 3.66. The van der Waals surface area contributed by atoms with Gasteiger partial charge in [-0.1, -0.05) is 20.8 Å². The van der Waals surface area contributed by atoms with E-state index in [9.17, 15) is 0 Å². The SMILES string of the molecule is CC(C)CNCC(C)CN1CCSCC1. The first-order valence-electron chi connectivity index (χ1n) is 6.19. The quantitative estimate of drug-likeness (QED) is 0.750. The molecule has 1 saturated heterocycles. The lowest BCUT2D eigenvalue weighted by atomic mass is 10.1. The molecule has 1 heterocycles. The van der Waals surface area contributed by atoms with Crippen LogP contribution < -0.4 is 5.32 Å². The number of nitrogens with one attached hydrogen (secondary N) is 1. The predicted molar refractivity (Wildman–Crippen MR) is 70.6 cm³/mol. The van der Waals surface area contributed by atoms with Crippen LogP contribution in [0.5, 0.6) is 0 Å². The summed E-state index contributed by atoms with van der Waals surface area (Å²) in [5.41, 5.74) is 0. The Kier molecular flexibility index (Phi) is 6.69. The molecule has 1 aliphatic heterocycles. The molecule has 0 aromatic carbocycles. The minimum atomic E-state index is 0.767. The third-order valence-electron chi connectivity index (χ3n) is 2.72. The van der Waals surface area contributed by atoms with Gasteiger partial charge in [-0.2, -0.15) is 11.8 Å². The van der Waals surface area contributed by atoms with Crippen LogP contribution in [-0.4, -0.2) is 49.1 Å². The van der Waals surface area contributed by atoms with Gasteiger partial charge in [0, 0.05) is 31.1 Å². The lowest BCUT2D eigenvalue weighted by molar-refractivity contribution is 0.255. The summed E-state index contributed by atoms with van der Waals surface area (Å²) in [6.07, 6.45) is 0. The van der Waals surface area contributed by atoms with E-state index in [0.717, 1.165) is 18.4 Å². The van der Waals surface area contributed by atoms with Gasteiger partial charge < -0.3 is 10.2 Å². The maximum Gasteiger partial charge on any atom is 0.00728 e. The molecule has 1 fully saturated rings. The van der Waals surface area contributed by atoms with Crippen LogP contribution in [-0.2, 0) is 0 Å². The second-order valence-electron chi connectivity index (χ2n) is 5.07. The van der Waals surface area contributed by atoms with Gasteiger partial charge in [0.15, 0.2) is 0 Å². The lowest BCUT2D eigenvalue weighted by Crippen LogP contribution is -2.38. The zero-order valence-electron chi connectivity index (χ0n) is 10.5. The van der Waals surface area contributed by atoms with Crippen molar-refractivity contribution in [1.29, 1.82) is 0 Å². The molecular weight excluding hydrogens is 204 g/mol. The van der Waals surface area contributed by atoms with Gasteiger partial charge in [-0.15, -0.1) is 0 Å². The fourth-order valence-electron chi connectivity index (χ4n) is 1.91. The van der Waals surface area contributed by atoms with Gasteiger partial charge >= 0.3 is 0 Å². The first kappa shape index (κ1) is 13.3. The van der Waals surface area contributed by atoms with Crippen molar-refractivity contribution in [3.05, 3.63) is 0 Å². The fraction of sp³-hybridized carbons (Fsp3) is 1.00. The Morgan fingerprint density at radius 3 is 2.40 bits per heavy atom. The van der Waals surface area contributed by atoms with Crippen molar-refractivity contribution in [3.8, 4) is 0 Å². The van der Waals surface area contributed by atoms with E-state index < -0.39 is 0 Å². The van der Waals surface area contributed by atoms with Crippen molar-refractivity contribution in [2.24, 2.45) is 11.8 Å². The van der Waals surface area contributed by atoms with Crippen LogP contribution >= 0.6 is 11.8 Å². The summed E-state index contributed by atoms with van der Waals surface area (Å²) in [5, 5.41) is 3.54. The highest BCUT2D eigenvalue weighted by molar-refractivity contribution is 7.99. The summed E-state index contributed by atoms with van der Waals surface area (Å²) >= 11 is 2.09. The van der Waals surface area contributed by atoms with E-state index in [1.165, 1.54) is 37.7 Å². The van der Waals surface area contributed by atoms with E-state index in [-0.39, 0.29) is 0 Å². The summed E-state index contributed by atoms with van der Waals surface area (Å²) in [5.74, 6) is 4.20. The van der Waals surface area contributed by atoms with Crippen LogP contribution in [0.4, 0.5) is 0 Å². The first-order chi connectivity index (χ1) is 7.18. The molecular formula is C12H26N2S.